The van der Waals surface area contributed by atoms with Crippen molar-refractivity contribution in [1.29, 1.82) is 0 Å². The fraction of sp³-hybridized carbons (Fsp3) is 0.0588. The smallest absolute Gasteiger partial charge is 0.276 e. The highest BCUT2D eigenvalue weighted by molar-refractivity contribution is 6.34. The van der Waals surface area contributed by atoms with E-state index >= 15 is 0 Å². The third kappa shape index (κ3) is 4.65. The van der Waals surface area contributed by atoms with Gasteiger partial charge in [-0.15, -0.1) is 0 Å². The molecule has 0 heterocycles. The molecule has 0 saturated carbocycles. The molecule has 2 amide bonds. The van der Waals surface area contributed by atoms with Crippen molar-refractivity contribution in [2.24, 2.45) is 0 Å². The van der Waals surface area contributed by atoms with Gasteiger partial charge in [-0.2, -0.15) is 0 Å². The first kappa shape index (κ1) is 18.2. The van der Waals surface area contributed by atoms with Crippen LogP contribution < -0.4 is 10.6 Å². The van der Waals surface area contributed by atoms with Crippen LogP contribution in [0.5, 0.6) is 0 Å². The van der Waals surface area contributed by atoms with Crippen molar-refractivity contribution in [1.82, 2.24) is 5.32 Å². The van der Waals surface area contributed by atoms with E-state index in [0.29, 0.717) is 11.3 Å². The van der Waals surface area contributed by atoms with Crippen LogP contribution in [0.3, 0.4) is 0 Å². The highest BCUT2D eigenvalue weighted by atomic mass is 35.5. The molecular weight excluding hydrogens is 346 g/mol. The minimum absolute atomic E-state index is 0.0973. The molecular formula is C17H14ClN3O4. The van der Waals surface area contributed by atoms with Gasteiger partial charge < -0.3 is 10.6 Å². The van der Waals surface area contributed by atoms with E-state index in [1.54, 1.807) is 18.2 Å². The van der Waals surface area contributed by atoms with Crippen molar-refractivity contribution in [3.63, 3.8) is 0 Å². The predicted octanol–water partition coefficient (Wildman–Crippen LogP) is 3.26. The molecule has 7 nitrogen and oxygen atoms in total. The minimum atomic E-state index is -0.521. The lowest BCUT2D eigenvalue weighted by Crippen LogP contribution is -2.18. The molecule has 2 rings (SSSR count). The van der Waals surface area contributed by atoms with Gasteiger partial charge in [0.2, 0.25) is 5.91 Å². The average molecular weight is 360 g/mol. The number of amides is 2. The first-order valence-corrected chi connectivity index (χ1v) is 7.54. The van der Waals surface area contributed by atoms with Crippen LogP contribution in [0.2, 0.25) is 5.02 Å². The van der Waals surface area contributed by atoms with Crippen molar-refractivity contribution in [2.45, 2.75) is 0 Å². The molecule has 0 aliphatic carbocycles. The highest BCUT2D eigenvalue weighted by Gasteiger charge is 2.11. The zero-order valence-electron chi connectivity index (χ0n) is 13.2. The predicted molar refractivity (Wildman–Crippen MR) is 95.6 cm³/mol. The first-order chi connectivity index (χ1) is 11.9. The number of nitro groups is 1. The van der Waals surface area contributed by atoms with Gasteiger partial charge in [-0.3, -0.25) is 19.7 Å². The van der Waals surface area contributed by atoms with E-state index in [1.165, 1.54) is 43.5 Å². The second kappa shape index (κ2) is 8.07. The first-order valence-electron chi connectivity index (χ1n) is 7.16. The van der Waals surface area contributed by atoms with E-state index in [4.69, 9.17) is 11.6 Å². The van der Waals surface area contributed by atoms with E-state index in [1.807, 2.05) is 0 Å². The topological polar surface area (TPSA) is 101 Å². The van der Waals surface area contributed by atoms with Crippen LogP contribution in [0.1, 0.15) is 15.9 Å². The summed E-state index contributed by atoms with van der Waals surface area (Å²) in [6, 6.07) is 10.6. The summed E-state index contributed by atoms with van der Waals surface area (Å²) in [5.41, 5.74) is 0.814. The number of nitro benzene ring substituents is 1. The fourth-order valence-electron chi connectivity index (χ4n) is 2.06. The van der Waals surface area contributed by atoms with Crippen LogP contribution in [0.25, 0.3) is 6.08 Å². The zero-order chi connectivity index (χ0) is 18.4. The number of halogens is 1. The Bertz CT molecular complexity index is 865. The minimum Gasteiger partial charge on any atom is -0.355 e. The summed E-state index contributed by atoms with van der Waals surface area (Å²) in [5, 5.41) is 16.2. The molecule has 128 valence electrons. The van der Waals surface area contributed by atoms with E-state index in [0.717, 1.165) is 0 Å². The zero-order valence-corrected chi connectivity index (χ0v) is 13.9. The average Bonchev–Trinajstić information content (AvgIpc) is 2.61. The Morgan fingerprint density at radius 2 is 1.92 bits per heavy atom. The normalized spacial score (nSPS) is 10.5. The number of nitrogens with zero attached hydrogens (tertiary/aromatic N) is 1. The van der Waals surface area contributed by atoms with Crippen LogP contribution >= 0.6 is 11.6 Å². The Balaban J connectivity index is 2.16. The molecule has 0 spiro atoms. The number of para-hydroxylation sites is 1. The summed E-state index contributed by atoms with van der Waals surface area (Å²) >= 11 is 5.94. The Kier molecular flexibility index (Phi) is 5.86. The number of hydrogen-bond donors (Lipinski definition) is 2. The number of anilines is 1. The molecule has 0 atom stereocenters. The largest absolute Gasteiger partial charge is 0.355 e. The van der Waals surface area contributed by atoms with Gasteiger partial charge in [-0.05, 0) is 30.3 Å². The van der Waals surface area contributed by atoms with Gasteiger partial charge >= 0.3 is 0 Å². The lowest BCUT2D eigenvalue weighted by molar-refractivity contribution is -0.385. The summed E-state index contributed by atoms with van der Waals surface area (Å²) in [5.74, 6) is -0.875. The Labute approximate surface area is 148 Å². The van der Waals surface area contributed by atoms with Crippen LogP contribution in [-0.4, -0.2) is 23.8 Å². The molecule has 2 aromatic carbocycles. The van der Waals surface area contributed by atoms with Crippen LogP contribution in [0.4, 0.5) is 11.4 Å². The monoisotopic (exact) mass is 359 g/mol. The highest BCUT2D eigenvalue weighted by Crippen LogP contribution is 2.21. The van der Waals surface area contributed by atoms with E-state index in [-0.39, 0.29) is 22.2 Å². The maximum Gasteiger partial charge on any atom is 0.276 e. The lowest BCUT2D eigenvalue weighted by atomic mass is 10.1. The Morgan fingerprint density at radius 1 is 1.20 bits per heavy atom. The number of carbonyl (C=O) groups is 2. The van der Waals surface area contributed by atoms with Crippen molar-refractivity contribution < 1.29 is 14.5 Å². The SMILES string of the molecule is CNC(=O)c1cc(NC(=O)/C=C/c2ccccc2[N+](=O)[O-])ccc1Cl. The molecule has 2 aromatic rings. The molecule has 0 aliphatic rings. The second-order valence-electron chi connectivity index (χ2n) is 4.91. The molecule has 8 heteroatoms. The number of carbonyl (C=O) groups excluding carboxylic acids is 2. The molecule has 0 saturated heterocycles. The van der Waals surface area contributed by atoms with Crippen molar-refractivity contribution >= 4 is 40.9 Å². The van der Waals surface area contributed by atoms with E-state index < -0.39 is 10.8 Å². The van der Waals surface area contributed by atoms with Gasteiger partial charge in [0, 0.05) is 24.9 Å². The van der Waals surface area contributed by atoms with Crippen molar-refractivity contribution in [3.8, 4) is 0 Å². The van der Waals surface area contributed by atoms with Crippen LogP contribution in [-0.2, 0) is 4.79 Å². The number of hydrogen-bond acceptors (Lipinski definition) is 4. The van der Waals surface area contributed by atoms with Gasteiger partial charge in [0.15, 0.2) is 0 Å². The fourth-order valence-corrected chi connectivity index (χ4v) is 2.26. The molecule has 0 radical (unpaired) electrons. The number of nitrogens with one attached hydrogen (secondary N) is 2. The maximum atomic E-state index is 12.0. The molecule has 0 fully saturated rings. The summed E-state index contributed by atoms with van der Waals surface area (Å²) in [7, 11) is 1.47. The van der Waals surface area contributed by atoms with E-state index in [2.05, 4.69) is 10.6 Å². The second-order valence-corrected chi connectivity index (χ2v) is 5.32. The molecule has 25 heavy (non-hydrogen) atoms. The molecule has 0 aromatic heterocycles. The van der Waals surface area contributed by atoms with Gasteiger partial charge in [0.25, 0.3) is 11.6 Å². The van der Waals surface area contributed by atoms with Gasteiger partial charge in [-0.25, -0.2) is 0 Å². The van der Waals surface area contributed by atoms with Crippen LogP contribution in [0.15, 0.2) is 48.5 Å². The summed E-state index contributed by atoms with van der Waals surface area (Å²) in [6.45, 7) is 0. The molecule has 0 unspecified atom stereocenters. The lowest BCUT2D eigenvalue weighted by Gasteiger charge is -2.07. The quantitative estimate of drug-likeness (QED) is 0.486. The van der Waals surface area contributed by atoms with Gasteiger partial charge in [0.05, 0.1) is 21.1 Å². The number of rotatable bonds is 5. The van der Waals surface area contributed by atoms with Crippen LogP contribution in [0, 0.1) is 10.1 Å². The van der Waals surface area contributed by atoms with Gasteiger partial charge in [-0.1, -0.05) is 23.7 Å². The molecule has 0 aliphatic heterocycles. The van der Waals surface area contributed by atoms with Gasteiger partial charge in [0.1, 0.15) is 0 Å². The molecule has 2 N–H and O–H groups in total. The van der Waals surface area contributed by atoms with E-state index in [9.17, 15) is 19.7 Å². The Morgan fingerprint density at radius 3 is 2.60 bits per heavy atom. The van der Waals surface area contributed by atoms with Crippen molar-refractivity contribution in [2.75, 3.05) is 12.4 Å². The summed E-state index contributed by atoms with van der Waals surface area (Å²) in [6.07, 6.45) is 2.53. The maximum absolute atomic E-state index is 12.0. The third-order valence-corrected chi connectivity index (χ3v) is 3.58. The third-order valence-electron chi connectivity index (χ3n) is 3.25. The van der Waals surface area contributed by atoms with Crippen molar-refractivity contribution in [3.05, 3.63) is 74.8 Å². The summed E-state index contributed by atoms with van der Waals surface area (Å²) in [4.78, 5) is 34.1. The molecule has 0 bridgehead atoms. The number of benzene rings is 2. The summed E-state index contributed by atoms with van der Waals surface area (Å²) < 4.78 is 0. The Hall–Kier alpha value is -3.19. The standard InChI is InChI=1S/C17H14ClN3O4/c1-19-17(23)13-10-12(7-8-14(13)18)20-16(22)9-6-11-4-2-3-5-15(11)21(24)25/h2-10H,1H3,(H,19,23)(H,20,22)/b9-6+.